The third-order valence-electron chi connectivity index (χ3n) is 5.84. The van der Waals surface area contributed by atoms with Gasteiger partial charge in [0.2, 0.25) is 5.91 Å². The molecule has 1 unspecified atom stereocenters. The summed E-state index contributed by atoms with van der Waals surface area (Å²) in [6.07, 6.45) is 8.21. The Hall–Kier alpha value is -1.82. The summed E-state index contributed by atoms with van der Waals surface area (Å²) in [7, 11) is 0. The molecular formula is C19H28N4O2. The minimum atomic E-state index is 0.101. The van der Waals surface area contributed by atoms with Gasteiger partial charge in [0.25, 0.3) is 5.91 Å². The van der Waals surface area contributed by atoms with Crippen LogP contribution in [0.15, 0.2) is 18.3 Å². The van der Waals surface area contributed by atoms with Gasteiger partial charge in [-0.15, -0.1) is 0 Å². The molecule has 2 saturated heterocycles. The molecule has 2 amide bonds. The number of carbonyl (C=O) groups is 2. The number of hydrogen-bond acceptors (Lipinski definition) is 3. The Morgan fingerprint density at radius 1 is 1.08 bits per heavy atom. The number of rotatable bonds is 4. The summed E-state index contributed by atoms with van der Waals surface area (Å²) in [4.78, 5) is 32.2. The molecule has 0 aromatic carbocycles. The van der Waals surface area contributed by atoms with Crippen LogP contribution in [0.1, 0.15) is 49.0 Å². The molecule has 25 heavy (non-hydrogen) atoms. The topological polar surface area (TPSA) is 68.4 Å². The second-order valence-corrected chi connectivity index (χ2v) is 7.72. The summed E-state index contributed by atoms with van der Waals surface area (Å²) in [5.41, 5.74) is 0.674. The van der Waals surface area contributed by atoms with Crippen LogP contribution in [0.3, 0.4) is 0 Å². The Labute approximate surface area is 148 Å². The minimum Gasteiger partial charge on any atom is -0.357 e. The first-order valence-corrected chi connectivity index (χ1v) is 9.68. The average Bonchev–Trinajstić information content (AvgIpc) is 3.30. The van der Waals surface area contributed by atoms with Gasteiger partial charge < -0.3 is 15.2 Å². The largest absolute Gasteiger partial charge is 0.357 e. The van der Waals surface area contributed by atoms with Crippen molar-refractivity contribution < 1.29 is 9.59 Å². The van der Waals surface area contributed by atoms with E-state index in [1.807, 2.05) is 17.0 Å². The highest BCUT2D eigenvalue weighted by atomic mass is 16.2. The molecule has 1 atom stereocenters. The fraction of sp³-hybridized carbons (Fsp3) is 0.684. The summed E-state index contributed by atoms with van der Waals surface area (Å²) in [5, 5.41) is 3.16. The Morgan fingerprint density at radius 3 is 2.56 bits per heavy atom. The van der Waals surface area contributed by atoms with Crippen molar-refractivity contribution in [2.24, 2.45) is 5.92 Å². The van der Waals surface area contributed by atoms with E-state index in [0.717, 1.165) is 64.7 Å². The quantitative estimate of drug-likeness (QED) is 0.872. The zero-order valence-corrected chi connectivity index (χ0v) is 14.7. The summed E-state index contributed by atoms with van der Waals surface area (Å²) < 4.78 is 0. The molecule has 1 aromatic rings. The average molecular weight is 344 g/mol. The van der Waals surface area contributed by atoms with Crippen LogP contribution in [0.5, 0.6) is 0 Å². The molecule has 136 valence electrons. The molecular weight excluding hydrogens is 316 g/mol. The summed E-state index contributed by atoms with van der Waals surface area (Å²) >= 11 is 0. The fourth-order valence-corrected chi connectivity index (χ4v) is 4.17. The molecule has 0 radical (unpaired) electrons. The van der Waals surface area contributed by atoms with Crippen molar-refractivity contribution in [3.8, 4) is 0 Å². The maximum absolute atomic E-state index is 12.4. The second-order valence-electron chi connectivity index (χ2n) is 7.72. The Morgan fingerprint density at radius 2 is 1.88 bits per heavy atom. The zero-order valence-electron chi connectivity index (χ0n) is 14.7. The van der Waals surface area contributed by atoms with Crippen molar-refractivity contribution in [2.45, 2.75) is 50.6 Å². The van der Waals surface area contributed by atoms with Crippen LogP contribution in [0.25, 0.3) is 0 Å². The van der Waals surface area contributed by atoms with Crippen molar-refractivity contribution in [2.75, 3.05) is 26.2 Å². The van der Waals surface area contributed by atoms with Crippen LogP contribution in [-0.4, -0.2) is 64.9 Å². The van der Waals surface area contributed by atoms with Gasteiger partial charge in [-0.05, 0) is 57.2 Å². The first-order valence-electron chi connectivity index (χ1n) is 9.68. The number of hydrogen-bond donors (Lipinski definition) is 2. The minimum absolute atomic E-state index is 0.101. The highest BCUT2D eigenvalue weighted by molar-refractivity contribution is 5.92. The highest BCUT2D eigenvalue weighted by Gasteiger charge is 2.34. The molecule has 3 heterocycles. The number of piperidine rings is 2. The van der Waals surface area contributed by atoms with E-state index in [9.17, 15) is 9.59 Å². The number of H-pyrrole nitrogens is 1. The molecule has 6 nitrogen and oxygen atoms in total. The van der Waals surface area contributed by atoms with E-state index in [2.05, 4.69) is 15.2 Å². The summed E-state index contributed by atoms with van der Waals surface area (Å²) in [6.45, 7) is 3.58. The molecule has 1 aromatic heterocycles. The van der Waals surface area contributed by atoms with Crippen LogP contribution in [0.2, 0.25) is 0 Å². The van der Waals surface area contributed by atoms with E-state index >= 15 is 0 Å². The summed E-state index contributed by atoms with van der Waals surface area (Å²) in [6, 6.07) is 4.65. The number of likely N-dealkylation sites (tertiary alicyclic amines) is 2. The van der Waals surface area contributed by atoms with Crippen LogP contribution in [0.4, 0.5) is 0 Å². The predicted molar refractivity (Wildman–Crippen MR) is 95.2 cm³/mol. The lowest BCUT2D eigenvalue weighted by Crippen LogP contribution is -2.51. The normalized spacial score (nSPS) is 25.8. The zero-order chi connectivity index (χ0) is 17.2. The first kappa shape index (κ1) is 16.6. The van der Waals surface area contributed by atoms with Gasteiger partial charge in [0.15, 0.2) is 0 Å². The van der Waals surface area contributed by atoms with Gasteiger partial charge >= 0.3 is 0 Å². The van der Waals surface area contributed by atoms with Crippen molar-refractivity contribution in [3.63, 3.8) is 0 Å². The molecule has 1 aliphatic carbocycles. The SMILES string of the molecule is O=C(NC1CC1)C1CCCN(C2CCN(C(=O)c3ccc[nH]3)CC2)C1. The van der Waals surface area contributed by atoms with E-state index < -0.39 is 0 Å². The standard InChI is InChI=1S/C19H28N4O2/c24-18(21-15-5-6-15)14-3-2-10-23(13-14)16-7-11-22(12-8-16)19(25)17-4-1-9-20-17/h1,4,9,14-16,20H,2-3,5-8,10-13H2,(H,21,24). The van der Waals surface area contributed by atoms with Crippen molar-refractivity contribution in [3.05, 3.63) is 24.0 Å². The van der Waals surface area contributed by atoms with Crippen LogP contribution >= 0.6 is 0 Å². The van der Waals surface area contributed by atoms with E-state index in [-0.39, 0.29) is 17.7 Å². The van der Waals surface area contributed by atoms with Gasteiger partial charge in [0, 0.05) is 37.9 Å². The first-order chi connectivity index (χ1) is 12.2. The third kappa shape index (κ3) is 3.89. The second kappa shape index (κ2) is 7.20. The lowest BCUT2D eigenvalue weighted by molar-refractivity contribution is -0.127. The maximum atomic E-state index is 12.4. The van der Waals surface area contributed by atoms with E-state index in [0.29, 0.717) is 17.8 Å². The number of carbonyl (C=O) groups excluding carboxylic acids is 2. The van der Waals surface area contributed by atoms with Gasteiger partial charge in [0.05, 0.1) is 5.92 Å². The fourth-order valence-electron chi connectivity index (χ4n) is 4.17. The Balaban J connectivity index is 1.28. The molecule has 3 fully saturated rings. The van der Waals surface area contributed by atoms with E-state index in [4.69, 9.17) is 0 Å². The van der Waals surface area contributed by atoms with E-state index in [1.54, 1.807) is 6.20 Å². The van der Waals surface area contributed by atoms with Gasteiger partial charge in [-0.3, -0.25) is 14.5 Å². The molecule has 6 heteroatoms. The summed E-state index contributed by atoms with van der Waals surface area (Å²) in [5.74, 6) is 0.503. The van der Waals surface area contributed by atoms with Crippen molar-refractivity contribution in [1.29, 1.82) is 0 Å². The smallest absolute Gasteiger partial charge is 0.270 e. The molecule has 4 rings (SSSR count). The van der Waals surface area contributed by atoms with Gasteiger partial charge in [-0.2, -0.15) is 0 Å². The number of aromatic nitrogens is 1. The van der Waals surface area contributed by atoms with E-state index in [1.165, 1.54) is 0 Å². The van der Waals surface area contributed by atoms with Crippen LogP contribution in [-0.2, 0) is 4.79 Å². The lowest BCUT2D eigenvalue weighted by atomic mass is 9.93. The number of aromatic amines is 1. The number of nitrogens with one attached hydrogen (secondary N) is 2. The molecule has 0 spiro atoms. The molecule has 1 saturated carbocycles. The lowest BCUT2D eigenvalue weighted by Gasteiger charge is -2.42. The Bertz CT molecular complexity index is 603. The molecule has 0 bridgehead atoms. The predicted octanol–water partition coefficient (Wildman–Crippen LogP) is 1.61. The van der Waals surface area contributed by atoms with Crippen molar-refractivity contribution in [1.82, 2.24) is 20.1 Å². The maximum Gasteiger partial charge on any atom is 0.270 e. The van der Waals surface area contributed by atoms with Gasteiger partial charge in [0.1, 0.15) is 5.69 Å². The van der Waals surface area contributed by atoms with Crippen LogP contribution in [0, 0.1) is 5.92 Å². The van der Waals surface area contributed by atoms with Gasteiger partial charge in [-0.1, -0.05) is 0 Å². The molecule has 3 aliphatic rings. The Kier molecular flexibility index (Phi) is 4.79. The molecule has 2 aliphatic heterocycles. The van der Waals surface area contributed by atoms with Crippen LogP contribution < -0.4 is 5.32 Å². The highest BCUT2D eigenvalue weighted by Crippen LogP contribution is 2.26. The third-order valence-corrected chi connectivity index (χ3v) is 5.84. The molecule has 2 N–H and O–H groups in total. The van der Waals surface area contributed by atoms with Gasteiger partial charge in [-0.25, -0.2) is 0 Å². The number of nitrogens with zero attached hydrogens (tertiary/aromatic N) is 2. The number of amides is 2. The monoisotopic (exact) mass is 344 g/mol. The van der Waals surface area contributed by atoms with Crippen molar-refractivity contribution >= 4 is 11.8 Å².